The predicted octanol–water partition coefficient (Wildman–Crippen LogP) is 2.45. The summed E-state index contributed by atoms with van der Waals surface area (Å²) < 4.78 is 16.0. The van der Waals surface area contributed by atoms with Crippen molar-refractivity contribution in [1.82, 2.24) is 4.90 Å². The van der Waals surface area contributed by atoms with Crippen LogP contribution in [0.5, 0.6) is 17.2 Å². The second kappa shape index (κ2) is 11.9. The van der Waals surface area contributed by atoms with Gasteiger partial charge in [-0.15, -0.1) is 0 Å². The van der Waals surface area contributed by atoms with Crippen LogP contribution >= 0.6 is 0 Å². The highest BCUT2D eigenvalue weighted by Crippen LogP contribution is 2.30. The Kier molecular flexibility index (Phi) is 8.66. The predicted molar refractivity (Wildman–Crippen MR) is 130 cm³/mol. The Labute approximate surface area is 208 Å². The van der Waals surface area contributed by atoms with Gasteiger partial charge in [0, 0.05) is 18.7 Å². The first-order valence-electron chi connectivity index (χ1n) is 11.3. The Morgan fingerprint density at radius 1 is 1.06 bits per heavy atom. The van der Waals surface area contributed by atoms with Gasteiger partial charge in [-0.05, 0) is 55.3 Å². The Bertz CT molecular complexity index is 1160. The van der Waals surface area contributed by atoms with Crippen LogP contribution in [-0.2, 0) is 25.6 Å². The van der Waals surface area contributed by atoms with E-state index in [1.54, 1.807) is 42.5 Å². The minimum Gasteiger partial charge on any atom is -0.494 e. The molecule has 10 heteroatoms. The minimum absolute atomic E-state index is 0.0685. The SMILES string of the molecule is CCOc1ccc(N2C(=O)CC(N(CCc3ccc(OC)c(OC)c3)C(=O)/C=C/C(=O)O)C2=O)cc1. The average Bonchev–Trinajstić information content (AvgIpc) is 3.16. The maximum Gasteiger partial charge on any atom is 0.328 e. The van der Waals surface area contributed by atoms with Gasteiger partial charge in [0.05, 0.1) is 32.9 Å². The number of anilines is 1. The van der Waals surface area contributed by atoms with Crippen LogP contribution in [0.1, 0.15) is 18.9 Å². The van der Waals surface area contributed by atoms with E-state index in [4.69, 9.17) is 19.3 Å². The Morgan fingerprint density at radius 3 is 2.36 bits per heavy atom. The monoisotopic (exact) mass is 496 g/mol. The number of carbonyl (C=O) groups is 4. The van der Waals surface area contributed by atoms with E-state index < -0.39 is 29.7 Å². The molecule has 0 radical (unpaired) electrons. The molecular formula is C26H28N2O8. The fourth-order valence-electron chi connectivity index (χ4n) is 3.93. The molecule has 190 valence electrons. The number of carbonyl (C=O) groups excluding carboxylic acids is 3. The zero-order valence-corrected chi connectivity index (χ0v) is 20.3. The molecule has 2 aromatic rings. The van der Waals surface area contributed by atoms with Crippen molar-refractivity contribution in [2.24, 2.45) is 0 Å². The highest BCUT2D eigenvalue weighted by atomic mass is 16.5. The fraction of sp³-hybridized carbons (Fsp3) is 0.308. The van der Waals surface area contributed by atoms with Crippen molar-refractivity contribution in [1.29, 1.82) is 0 Å². The molecule has 1 heterocycles. The van der Waals surface area contributed by atoms with Crippen molar-refractivity contribution in [2.75, 3.05) is 32.3 Å². The zero-order chi connectivity index (χ0) is 26.2. The van der Waals surface area contributed by atoms with Gasteiger partial charge in [-0.2, -0.15) is 0 Å². The van der Waals surface area contributed by atoms with Gasteiger partial charge in [-0.3, -0.25) is 14.4 Å². The number of methoxy groups -OCH3 is 2. The summed E-state index contributed by atoms with van der Waals surface area (Å²) in [4.78, 5) is 52.3. The molecule has 1 N–H and O–H groups in total. The van der Waals surface area contributed by atoms with Crippen molar-refractivity contribution in [3.8, 4) is 17.2 Å². The number of benzene rings is 2. The van der Waals surface area contributed by atoms with E-state index in [-0.39, 0.29) is 13.0 Å². The first kappa shape index (κ1) is 26.3. The van der Waals surface area contributed by atoms with Gasteiger partial charge >= 0.3 is 5.97 Å². The summed E-state index contributed by atoms with van der Waals surface area (Å²) in [6.45, 7) is 2.39. The van der Waals surface area contributed by atoms with E-state index in [9.17, 15) is 19.2 Å². The molecule has 1 aliphatic heterocycles. The van der Waals surface area contributed by atoms with Crippen LogP contribution in [0.25, 0.3) is 0 Å². The standard InChI is InChI=1S/C26H28N2O8/c1-4-36-19-8-6-18(7-9-19)28-24(30)16-20(26(28)33)27(23(29)11-12-25(31)32)14-13-17-5-10-21(34-2)22(15-17)35-3/h5-12,15,20H,4,13-14,16H2,1-3H3,(H,31,32)/b12-11+. The second-order valence-corrected chi connectivity index (χ2v) is 7.86. The van der Waals surface area contributed by atoms with E-state index in [1.165, 1.54) is 19.1 Å². The highest BCUT2D eigenvalue weighted by molar-refractivity contribution is 6.23. The molecule has 3 rings (SSSR count). The quantitative estimate of drug-likeness (QED) is 0.372. The molecule has 1 aliphatic rings. The summed E-state index contributed by atoms with van der Waals surface area (Å²) in [6, 6.07) is 10.7. The number of hydrogen-bond donors (Lipinski definition) is 1. The van der Waals surface area contributed by atoms with E-state index in [2.05, 4.69) is 0 Å². The molecule has 10 nitrogen and oxygen atoms in total. The van der Waals surface area contributed by atoms with Crippen LogP contribution in [0.3, 0.4) is 0 Å². The number of hydrogen-bond acceptors (Lipinski definition) is 7. The van der Waals surface area contributed by atoms with Crippen LogP contribution in [0.15, 0.2) is 54.6 Å². The first-order chi connectivity index (χ1) is 17.3. The van der Waals surface area contributed by atoms with Gasteiger partial charge < -0.3 is 24.2 Å². The summed E-state index contributed by atoms with van der Waals surface area (Å²) in [5, 5.41) is 8.95. The van der Waals surface area contributed by atoms with Gasteiger partial charge in [0.25, 0.3) is 5.91 Å². The fourth-order valence-corrected chi connectivity index (χ4v) is 3.93. The summed E-state index contributed by atoms with van der Waals surface area (Å²) in [5.74, 6) is -1.35. The minimum atomic E-state index is -1.30. The lowest BCUT2D eigenvalue weighted by Gasteiger charge is -2.27. The highest BCUT2D eigenvalue weighted by Gasteiger charge is 2.44. The van der Waals surface area contributed by atoms with Gasteiger partial charge in [-0.25, -0.2) is 9.69 Å². The molecule has 0 aromatic heterocycles. The van der Waals surface area contributed by atoms with E-state index in [1.807, 2.05) is 6.92 Å². The van der Waals surface area contributed by atoms with Crippen molar-refractivity contribution in [3.05, 3.63) is 60.2 Å². The summed E-state index contributed by atoms with van der Waals surface area (Å²) in [7, 11) is 3.03. The molecule has 36 heavy (non-hydrogen) atoms. The van der Waals surface area contributed by atoms with Crippen molar-refractivity contribution < 1.29 is 38.5 Å². The van der Waals surface area contributed by atoms with E-state index >= 15 is 0 Å². The smallest absolute Gasteiger partial charge is 0.328 e. The number of imide groups is 1. The maximum atomic E-state index is 13.3. The number of nitrogens with zero attached hydrogens (tertiary/aromatic N) is 2. The van der Waals surface area contributed by atoms with Crippen LogP contribution in [0, 0.1) is 0 Å². The molecule has 3 amide bonds. The second-order valence-electron chi connectivity index (χ2n) is 7.86. The number of ether oxygens (including phenoxy) is 3. The Balaban J connectivity index is 1.85. The molecule has 0 aliphatic carbocycles. The Hall–Kier alpha value is -4.34. The lowest BCUT2D eigenvalue weighted by molar-refractivity contribution is -0.135. The molecule has 1 unspecified atom stereocenters. The molecule has 2 aromatic carbocycles. The van der Waals surface area contributed by atoms with Crippen molar-refractivity contribution in [3.63, 3.8) is 0 Å². The van der Waals surface area contributed by atoms with Gasteiger partial charge in [-0.1, -0.05) is 6.07 Å². The largest absolute Gasteiger partial charge is 0.494 e. The number of carboxylic acid groups (broad SMARTS) is 1. The van der Waals surface area contributed by atoms with Gasteiger partial charge in [0.1, 0.15) is 11.8 Å². The summed E-state index contributed by atoms with van der Waals surface area (Å²) in [5.41, 5.74) is 1.16. The number of amides is 3. The molecular weight excluding hydrogens is 468 g/mol. The maximum absolute atomic E-state index is 13.3. The summed E-state index contributed by atoms with van der Waals surface area (Å²) >= 11 is 0. The van der Waals surface area contributed by atoms with E-state index in [0.29, 0.717) is 42.0 Å². The van der Waals surface area contributed by atoms with Gasteiger partial charge in [0.15, 0.2) is 11.5 Å². The first-order valence-corrected chi connectivity index (χ1v) is 11.3. The zero-order valence-electron chi connectivity index (χ0n) is 20.3. The topological polar surface area (TPSA) is 123 Å². The summed E-state index contributed by atoms with van der Waals surface area (Å²) in [6.07, 6.45) is 1.70. The lowest BCUT2D eigenvalue weighted by atomic mass is 10.1. The Morgan fingerprint density at radius 2 is 1.75 bits per heavy atom. The number of rotatable bonds is 11. The molecule has 0 bridgehead atoms. The van der Waals surface area contributed by atoms with Crippen LogP contribution < -0.4 is 19.1 Å². The molecule has 1 fully saturated rings. The van der Waals surface area contributed by atoms with Crippen molar-refractivity contribution in [2.45, 2.75) is 25.8 Å². The van der Waals surface area contributed by atoms with E-state index in [0.717, 1.165) is 16.5 Å². The molecule has 1 atom stereocenters. The number of carboxylic acids is 1. The molecule has 0 saturated carbocycles. The normalized spacial score (nSPS) is 15.3. The third kappa shape index (κ3) is 6.01. The third-order valence-electron chi connectivity index (χ3n) is 5.65. The molecule has 1 saturated heterocycles. The average molecular weight is 497 g/mol. The molecule has 0 spiro atoms. The van der Waals surface area contributed by atoms with Crippen LogP contribution in [0.4, 0.5) is 5.69 Å². The number of aliphatic carboxylic acids is 1. The third-order valence-corrected chi connectivity index (χ3v) is 5.65. The van der Waals surface area contributed by atoms with Gasteiger partial charge in [0.2, 0.25) is 11.8 Å². The van der Waals surface area contributed by atoms with Crippen LogP contribution in [-0.4, -0.2) is 67.1 Å². The van der Waals surface area contributed by atoms with Crippen LogP contribution in [0.2, 0.25) is 0 Å². The van der Waals surface area contributed by atoms with Crippen molar-refractivity contribution >= 4 is 29.4 Å². The lowest BCUT2D eigenvalue weighted by Crippen LogP contribution is -2.46.